The van der Waals surface area contributed by atoms with Crippen molar-refractivity contribution in [2.45, 2.75) is 26.3 Å². The van der Waals surface area contributed by atoms with Crippen LogP contribution in [0, 0.1) is 24.1 Å². The fourth-order valence-electron chi connectivity index (χ4n) is 5.66. The highest BCUT2D eigenvalue weighted by molar-refractivity contribution is 6.42. The molecule has 0 radical (unpaired) electrons. The molecule has 0 bridgehead atoms. The monoisotopic (exact) mass is 526 g/mol. The van der Waals surface area contributed by atoms with Gasteiger partial charge in [-0.05, 0) is 43.5 Å². The van der Waals surface area contributed by atoms with E-state index in [1.807, 2.05) is 0 Å². The molecular weight excluding hydrogens is 499 g/mol. The first-order valence-electron chi connectivity index (χ1n) is 12.3. The minimum atomic E-state index is -1.34. The molecule has 200 valence electrons. The van der Waals surface area contributed by atoms with Crippen LogP contribution in [0.5, 0.6) is 0 Å². The van der Waals surface area contributed by atoms with Crippen molar-refractivity contribution in [1.29, 1.82) is 0 Å². The summed E-state index contributed by atoms with van der Waals surface area (Å²) in [4.78, 5) is 58.5. The number of hydrogen-bond donors (Lipinski definition) is 2. The molecular formula is C25H27FN6O6. The number of ketones is 1. The van der Waals surface area contributed by atoms with E-state index in [9.17, 15) is 28.7 Å². The van der Waals surface area contributed by atoms with E-state index < -0.39 is 40.8 Å². The molecule has 3 aliphatic heterocycles. The number of likely N-dealkylation sites (tertiary alicyclic amines) is 1. The number of nitrogens with zero attached hydrogens (tertiary/aromatic N) is 5. The molecule has 4 heterocycles. The molecule has 3 amide bonds. The zero-order valence-corrected chi connectivity index (χ0v) is 20.7. The highest BCUT2D eigenvalue weighted by Crippen LogP contribution is 2.50. The lowest BCUT2D eigenvalue weighted by Crippen LogP contribution is -2.62. The molecule has 2 fully saturated rings. The van der Waals surface area contributed by atoms with Gasteiger partial charge in [-0.2, -0.15) is 5.10 Å². The number of aryl methyl sites for hydroxylation is 1. The van der Waals surface area contributed by atoms with Crippen molar-refractivity contribution in [3.8, 4) is 5.69 Å². The molecule has 38 heavy (non-hydrogen) atoms. The van der Waals surface area contributed by atoms with E-state index in [1.165, 1.54) is 39.0 Å². The van der Waals surface area contributed by atoms with E-state index in [0.29, 0.717) is 22.8 Å². The highest BCUT2D eigenvalue weighted by Gasteiger charge is 2.59. The average molecular weight is 527 g/mol. The minimum absolute atomic E-state index is 0.0606. The maximum atomic E-state index is 14.1. The summed E-state index contributed by atoms with van der Waals surface area (Å²) in [5.41, 5.74) is 0.376. The quantitative estimate of drug-likeness (QED) is 0.444. The van der Waals surface area contributed by atoms with Crippen LogP contribution in [0.3, 0.4) is 0 Å². The lowest BCUT2D eigenvalue weighted by atomic mass is 9.61. The van der Waals surface area contributed by atoms with Crippen molar-refractivity contribution in [2.24, 2.45) is 11.3 Å². The highest BCUT2D eigenvalue weighted by atomic mass is 19.1. The first-order valence-corrected chi connectivity index (χ1v) is 12.3. The molecule has 13 heteroatoms. The molecule has 5 rings (SSSR count). The fourth-order valence-corrected chi connectivity index (χ4v) is 5.66. The number of Topliss-reactive ketones (excluding diaryl/α,β-unsaturated/α-hetero) is 1. The number of benzene rings is 1. The third-order valence-corrected chi connectivity index (χ3v) is 7.56. The molecule has 2 saturated heterocycles. The summed E-state index contributed by atoms with van der Waals surface area (Å²) in [5, 5.41) is 16.4. The van der Waals surface area contributed by atoms with Gasteiger partial charge in [-0.15, -0.1) is 0 Å². The Kier molecular flexibility index (Phi) is 6.69. The number of allylic oxidation sites excluding steroid dienone is 1. The van der Waals surface area contributed by atoms with Gasteiger partial charge in [0.15, 0.2) is 0 Å². The van der Waals surface area contributed by atoms with Crippen LogP contribution >= 0.6 is 0 Å². The van der Waals surface area contributed by atoms with Gasteiger partial charge in [0.05, 0.1) is 18.9 Å². The number of halogens is 1. The van der Waals surface area contributed by atoms with Gasteiger partial charge in [0.1, 0.15) is 23.9 Å². The molecule has 1 unspecified atom stereocenters. The Morgan fingerprint density at radius 3 is 2.68 bits per heavy atom. The van der Waals surface area contributed by atoms with E-state index in [4.69, 9.17) is 4.74 Å². The second-order valence-electron chi connectivity index (χ2n) is 9.55. The zero-order valence-electron chi connectivity index (χ0n) is 20.7. The summed E-state index contributed by atoms with van der Waals surface area (Å²) in [7, 11) is 0. The Hall–Kier alpha value is -4.13. The largest absolute Gasteiger partial charge is 0.465 e. The van der Waals surface area contributed by atoms with E-state index in [1.54, 1.807) is 13.0 Å². The molecule has 0 saturated carbocycles. The number of nitrogens with one attached hydrogen (secondary N) is 1. The predicted molar refractivity (Wildman–Crippen MR) is 128 cm³/mol. The van der Waals surface area contributed by atoms with Crippen LogP contribution in [0.25, 0.3) is 5.69 Å². The topological polar surface area (TPSA) is 147 Å². The van der Waals surface area contributed by atoms with Crippen LogP contribution in [0.1, 0.15) is 24.2 Å². The Balaban J connectivity index is 1.47. The molecule has 3 aliphatic rings. The normalized spacial score (nSPS) is 21.1. The number of amides is 3. The van der Waals surface area contributed by atoms with Gasteiger partial charge in [-0.3, -0.25) is 14.4 Å². The van der Waals surface area contributed by atoms with Crippen LogP contribution in [0.4, 0.5) is 9.18 Å². The van der Waals surface area contributed by atoms with Gasteiger partial charge >= 0.3 is 6.09 Å². The van der Waals surface area contributed by atoms with Crippen LogP contribution in [0.2, 0.25) is 0 Å². The fraction of sp³-hybridized carbons (Fsp3) is 0.440. The van der Waals surface area contributed by atoms with Gasteiger partial charge in [0, 0.05) is 37.3 Å². The number of piperidine rings is 2. The summed E-state index contributed by atoms with van der Waals surface area (Å²) >= 11 is 0. The molecule has 1 spiro atoms. The Bertz CT molecular complexity index is 1330. The maximum Gasteiger partial charge on any atom is 0.407 e. The first-order chi connectivity index (χ1) is 18.2. The Morgan fingerprint density at radius 2 is 2.00 bits per heavy atom. The average Bonchev–Trinajstić information content (AvgIpc) is 3.16. The maximum absolute atomic E-state index is 14.1. The van der Waals surface area contributed by atoms with Crippen LogP contribution in [-0.4, -0.2) is 86.2 Å². The molecule has 12 nitrogen and oxygen atoms in total. The van der Waals surface area contributed by atoms with Gasteiger partial charge in [0.2, 0.25) is 11.7 Å². The first kappa shape index (κ1) is 25.5. The standard InChI is InChI=1S/C25H27FN6O6/c1-15-28-14-29-32(15)18-12-17(26)3-2-16(18)13-27-22(34)20-21(33)23(35)31-9-11-38-10-4-19(31)25(20)5-7-30(8-6-25)24(36)37/h2-4,12,14,20H,5-11,13H2,1H3,(H,27,34)(H,36,37). The van der Waals surface area contributed by atoms with Crippen molar-refractivity contribution < 1.29 is 33.4 Å². The lowest BCUT2D eigenvalue weighted by Gasteiger charge is -2.51. The number of rotatable bonds is 4. The number of carbonyl (C=O) groups is 4. The lowest BCUT2D eigenvalue weighted by molar-refractivity contribution is -0.158. The molecule has 2 aromatic rings. The number of carbonyl (C=O) groups excluding carboxylic acids is 3. The van der Waals surface area contributed by atoms with Gasteiger partial charge in [0.25, 0.3) is 5.91 Å². The molecule has 2 N–H and O–H groups in total. The second kappa shape index (κ2) is 9.97. The van der Waals surface area contributed by atoms with Crippen molar-refractivity contribution >= 4 is 23.7 Å². The molecule has 1 aromatic carbocycles. The number of carboxylic acid groups (broad SMARTS) is 1. The predicted octanol–water partition coefficient (Wildman–Crippen LogP) is 1.03. The van der Waals surface area contributed by atoms with E-state index in [-0.39, 0.29) is 52.2 Å². The summed E-state index contributed by atoms with van der Waals surface area (Å²) in [5.74, 6) is -3.59. The zero-order chi connectivity index (χ0) is 27.0. The molecule has 0 aliphatic carbocycles. The van der Waals surface area contributed by atoms with Gasteiger partial charge < -0.3 is 25.0 Å². The van der Waals surface area contributed by atoms with Gasteiger partial charge in [-0.1, -0.05) is 6.07 Å². The summed E-state index contributed by atoms with van der Waals surface area (Å²) < 4.78 is 21.0. The SMILES string of the molecule is Cc1ncnn1-c1cc(F)ccc1CNC(=O)C1C(=O)C(=O)N2CCOCC=C2C12CCN(C(=O)O)CC2. The van der Waals surface area contributed by atoms with Crippen LogP contribution in [-0.2, 0) is 25.7 Å². The third-order valence-electron chi connectivity index (χ3n) is 7.56. The second-order valence-corrected chi connectivity index (χ2v) is 9.55. The van der Waals surface area contributed by atoms with Crippen molar-refractivity contribution in [1.82, 2.24) is 29.9 Å². The van der Waals surface area contributed by atoms with Crippen LogP contribution < -0.4 is 5.32 Å². The Labute approximate surface area is 217 Å². The minimum Gasteiger partial charge on any atom is -0.465 e. The summed E-state index contributed by atoms with van der Waals surface area (Å²) in [6, 6.07) is 4.04. The summed E-state index contributed by atoms with van der Waals surface area (Å²) in [6.07, 6.45) is 2.36. The van der Waals surface area contributed by atoms with Crippen molar-refractivity contribution in [3.05, 3.63) is 53.5 Å². The summed E-state index contributed by atoms with van der Waals surface area (Å²) in [6.45, 7) is 2.49. The van der Waals surface area contributed by atoms with Gasteiger partial charge in [-0.25, -0.2) is 18.9 Å². The third kappa shape index (κ3) is 4.32. The smallest absolute Gasteiger partial charge is 0.407 e. The van der Waals surface area contributed by atoms with Crippen molar-refractivity contribution in [2.75, 3.05) is 32.8 Å². The van der Waals surface area contributed by atoms with E-state index >= 15 is 0 Å². The van der Waals surface area contributed by atoms with E-state index in [0.717, 1.165) is 0 Å². The Morgan fingerprint density at radius 1 is 1.24 bits per heavy atom. The number of fused-ring (bicyclic) bond motifs is 2. The van der Waals surface area contributed by atoms with Crippen LogP contribution in [0.15, 0.2) is 36.3 Å². The number of aromatic nitrogens is 3. The number of ether oxygens (including phenoxy) is 1. The molecule has 1 atom stereocenters. The van der Waals surface area contributed by atoms with Crippen molar-refractivity contribution in [3.63, 3.8) is 0 Å². The molecule has 1 aromatic heterocycles. The number of hydrogen-bond acceptors (Lipinski definition) is 7. The van der Waals surface area contributed by atoms with E-state index in [2.05, 4.69) is 15.4 Å².